The molecule has 1 aromatic heterocycles. The molecule has 0 spiro atoms. The molecule has 0 aliphatic carbocycles. The van der Waals surface area contributed by atoms with Crippen LogP contribution in [0.2, 0.25) is 0 Å². The zero-order chi connectivity index (χ0) is 14.5. The van der Waals surface area contributed by atoms with Crippen LogP contribution in [0.25, 0.3) is 0 Å². The minimum absolute atomic E-state index is 0.000840. The minimum atomic E-state index is -0.293. The molecule has 0 aliphatic heterocycles. The van der Waals surface area contributed by atoms with E-state index in [4.69, 9.17) is 10.5 Å². The van der Waals surface area contributed by atoms with E-state index >= 15 is 0 Å². The van der Waals surface area contributed by atoms with Gasteiger partial charge in [-0.2, -0.15) is 5.10 Å². The van der Waals surface area contributed by atoms with Crippen molar-refractivity contribution in [2.45, 2.75) is 25.8 Å². The quantitative estimate of drug-likeness (QED) is 0.879. The largest absolute Gasteiger partial charge is 0.493 e. The molecule has 0 saturated heterocycles. The van der Waals surface area contributed by atoms with Crippen molar-refractivity contribution in [3.8, 4) is 5.75 Å². The first-order chi connectivity index (χ1) is 9.54. The number of halogens is 1. The van der Waals surface area contributed by atoms with Gasteiger partial charge in [0.25, 0.3) is 0 Å². The number of nitrogens with zero attached hydrogens (tertiary/aromatic N) is 2. The van der Waals surface area contributed by atoms with Crippen LogP contribution >= 0.6 is 0 Å². The molecule has 0 amide bonds. The summed E-state index contributed by atoms with van der Waals surface area (Å²) in [6, 6.07) is 6.68. The Morgan fingerprint density at radius 2 is 2.20 bits per heavy atom. The fourth-order valence-electron chi connectivity index (χ4n) is 2.11. The van der Waals surface area contributed by atoms with E-state index in [0.29, 0.717) is 18.8 Å². The van der Waals surface area contributed by atoms with E-state index in [1.54, 1.807) is 10.9 Å². The Balaban J connectivity index is 1.95. The lowest BCUT2D eigenvalue weighted by Gasteiger charge is -2.10. The summed E-state index contributed by atoms with van der Waals surface area (Å²) < 4.78 is 20.9. The maximum Gasteiger partial charge on any atom is 0.127 e. The van der Waals surface area contributed by atoms with Gasteiger partial charge in [0.05, 0.1) is 6.61 Å². The summed E-state index contributed by atoms with van der Waals surface area (Å²) in [6.07, 6.45) is 3.11. The highest BCUT2D eigenvalue weighted by Gasteiger charge is 2.05. The standard InChI is InChI=1S/C15H20FN3O/c1-11(17)7-12-8-13(16)10-15(9-12)20-6-4-14-3-5-18-19(14)2/h3,5,8-11H,4,6-7,17H2,1-2H3. The third-order valence-corrected chi connectivity index (χ3v) is 3.04. The van der Waals surface area contributed by atoms with Gasteiger partial charge >= 0.3 is 0 Å². The molecule has 2 N–H and O–H groups in total. The lowest BCUT2D eigenvalue weighted by Crippen LogP contribution is -2.17. The average molecular weight is 277 g/mol. The zero-order valence-corrected chi connectivity index (χ0v) is 11.8. The van der Waals surface area contributed by atoms with Crippen LogP contribution in [0.5, 0.6) is 5.75 Å². The molecule has 2 rings (SSSR count). The first-order valence-electron chi connectivity index (χ1n) is 6.69. The lowest BCUT2D eigenvalue weighted by atomic mass is 10.1. The highest BCUT2D eigenvalue weighted by molar-refractivity contribution is 5.30. The van der Waals surface area contributed by atoms with Gasteiger partial charge < -0.3 is 10.5 Å². The normalized spacial score (nSPS) is 12.4. The van der Waals surface area contributed by atoms with Gasteiger partial charge in [-0.05, 0) is 37.1 Å². The zero-order valence-electron chi connectivity index (χ0n) is 11.8. The van der Waals surface area contributed by atoms with E-state index in [9.17, 15) is 4.39 Å². The number of ether oxygens (including phenoxy) is 1. The number of aryl methyl sites for hydroxylation is 1. The van der Waals surface area contributed by atoms with E-state index in [-0.39, 0.29) is 11.9 Å². The van der Waals surface area contributed by atoms with Gasteiger partial charge in [-0.15, -0.1) is 0 Å². The number of aromatic nitrogens is 2. The molecule has 0 saturated carbocycles. The van der Waals surface area contributed by atoms with Crippen LogP contribution < -0.4 is 10.5 Å². The molecule has 2 aromatic rings. The summed E-state index contributed by atoms with van der Waals surface area (Å²) in [5.74, 6) is 0.251. The van der Waals surface area contributed by atoms with Crippen molar-refractivity contribution in [2.75, 3.05) is 6.61 Å². The molecule has 0 radical (unpaired) electrons. The number of hydrogen-bond acceptors (Lipinski definition) is 3. The van der Waals surface area contributed by atoms with Crippen molar-refractivity contribution in [2.24, 2.45) is 12.8 Å². The molecule has 5 heteroatoms. The first-order valence-corrected chi connectivity index (χ1v) is 6.69. The maximum absolute atomic E-state index is 13.5. The number of nitrogens with two attached hydrogens (primary N) is 1. The molecule has 1 unspecified atom stereocenters. The van der Waals surface area contributed by atoms with Crippen LogP contribution in [0, 0.1) is 5.82 Å². The van der Waals surface area contributed by atoms with Gasteiger partial charge in [0, 0.05) is 37.5 Å². The molecule has 0 fully saturated rings. The molecule has 4 nitrogen and oxygen atoms in total. The van der Waals surface area contributed by atoms with E-state index in [1.165, 1.54) is 12.1 Å². The Morgan fingerprint density at radius 3 is 2.85 bits per heavy atom. The van der Waals surface area contributed by atoms with Crippen molar-refractivity contribution in [1.82, 2.24) is 9.78 Å². The third-order valence-electron chi connectivity index (χ3n) is 3.04. The summed E-state index contributed by atoms with van der Waals surface area (Å²) in [4.78, 5) is 0. The third kappa shape index (κ3) is 4.06. The number of rotatable bonds is 6. The molecule has 0 aliphatic rings. The Morgan fingerprint density at radius 1 is 1.40 bits per heavy atom. The topological polar surface area (TPSA) is 53.1 Å². The highest BCUT2D eigenvalue weighted by atomic mass is 19.1. The SMILES string of the molecule is CC(N)Cc1cc(F)cc(OCCc2ccnn2C)c1. The van der Waals surface area contributed by atoms with Gasteiger partial charge in [0.1, 0.15) is 11.6 Å². The van der Waals surface area contributed by atoms with Gasteiger partial charge in [-0.1, -0.05) is 0 Å². The molecule has 108 valence electrons. The molecule has 1 heterocycles. The van der Waals surface area contributed by atoms with Crippen molar-refractivity contribution < 1.29 is 9.13 Å². The second kappa shape index (κ2) is 6.52. The second-order valence-corrected chi connectivity index (χ2v) is 5.02. The summed E-state index contributed by atoms with van der Waals surface area (Å²) in [7, 11) is 1.89. The molecular weight excluding hydrogens is 257 g/mol. The van der Waals surface area contributed by atoms with Crippen LogP contribution in [0.15, 0.2) is 30.5 Å². The van der Waals surface area contributed by atoms with Crippen molar-refractivity contribution in [3.63, 3.8) is 0 Å². The van der Waals surface area contributed by atoms with E-state index in [2.05, 4.69) is 5.10 Å². The fraction of sp³-hybridized carbons (Fsp3) is 0.400. The molecule has 1 atom stereocenters. The fourth-order valence-corrected chi connectivity index (χ4v) is 2.11. The Bertz CT molecular complexity index is 566. The summed E-state index contributed by atoms with van der Waals surface area (Å²) in [5, 5.41) is 4.09. The van der Waals surface area contributed by atoms with Crippen molar-refractivity contribution >= 4 is 0 Å². The van der Waals surface area contributed by atoms with Gasteiger partial charge in [0.2, 0.25) is 0 Å². The summed E-state index contributed by atoms with van der Waals surface area (Å²) in [6.45, 7) is 2.38. The Hall–Kier alpha value is -1.88. The second-order valence-electron chi connectivity index (χ2n) is 5.02. The van der Waals surface area contributed by atoms with Crippen molar-refractivity contribution in [3.05, 3.63) is 47.5 Å². The van der Waals surface area contributed by atoms with Crippen LogP contribution in [-0.4, -0.2) is 22.4 Å². The monoisotopic (exact) mass is 277 g/mol. The van der Waals surface area contributed by atoms with Crippen LogP contribution in [0.3, 0.4) is 0 Å². The number of hydrogen-bond donors (Lipinski definition) is 1. The van der Waals surface area contributed by atoms with Gasteiger partial charge in [-0.3, -0.25) is 4.68 Å². The van der Waals surface area contributed by atoms with Crippen LogP contribution in [0.4, 0.5) is 4.39 Å². The van der Waals surface area contributed by atoms with Gasteiger partial charge in [0.15, 0.2) is 0 Å². The maximum atomic E-state index is 13.5. The number of benzene rings is 1. The van der Waals surface area contributed by atoms with E-state index in [1.807, 2.05) is 26.1 Å². The predicted molar refractivity (Wildman–Crippen MR) is 76.2 cm³/mol. The van der Waals surface area contributed by atoms with Crippen molar-refractivity contribution in [1.29, 1.82) is 0 Å². The van der Waals surface area contributed by atoms with Crippen LogP contribution in [0.1, 0.15) is 18.2 Å². The van der Waals surface area contributed by atoms with Gasteiger partial charge in [-0.25, -0.2) is 4.39 Å². The first kappa shape index (κ1) is 14.5. The minimum Gasteiger partial charge on any atom is -0.493 e. The lowest BCUT2D eigenvalue weighted by molar-refractivity contribution is 0.316. The molecule has 1 aromatic carbocycles. The summed E-state index contributed by atoms with van der Waals surface area (Å²) >= 11 is 0. The summed E-state index contributed by atoms with van der Waals surface area (Å²) in [5.41, 5.74) is 7.67. The van der Waals surface area contributed by atoms with E-state index in [0.717, 1.165) is 17.7 Å². The molecular formula is C15H20FN3O. The smallest absolute Gasteiger partial charge is 0.127 e. The van der Waals surface area contributed by atoms with Crippen LogP contribution in [-0.2, 0) is 19.9 Å². The average Bonchev–Trinajstić information content (AvgIpc) is 2.73. The Labute approximate surface area is 118 Å². The highest BCUT2D eigenvalue weighted by Crippen LogP contribution is 2.18. The van der Waals surface area contributed by atoms with E-state index < -0.39 is 0 Å². The molecule has 20 heavy (non-hydrogen) atoms. The Kier molecular flexibility index (Phi) is 4.74. The predicted octanol–water partition coefficient (Wildman–Crippen LogP) is 2.07. The molecule has 0 bridgehead atoms.